The third-order valence-electron chi connectivity index (χ3n) is 5.14. The van der Waals surface area contributed by atoms with Crippen molar-refractivity contribution < 1.29 is 14.3 Å². The summed E-state index contributed by atoms with van der Waals surface area (Å²) in [5.41, 5.74) is 4.27. The molecule has 1 heterocycles. The van der Waals surface area contributed by atoms with Crippen molar-refractivity contribution in [3.63, 3.8) is 0 Å². The summed E-state index contributed by atoms with van der Waals surface area (Å²) in [5, 5.41) is 10.6. The van der Waals surface area contributed by atoms with E-state index in [4.69, 9.17) is 9.47 Å². The Labute approximate surface area is 188 Å². The van der Waals surface area contributed by atoms with Gasteiger partial charge >= 0.3 is 0 Å². The summed E-state index contributed by atoms with van der Waals surface area (Å²) in [6, 6.07) is 14.3. The molecule has 8 heteroatoms. The molecule has 0 saturated carbocycles. The normalized spacial score (nSPS) is 11.2. The van der Waals surface area contributed by atoms with Gasteiger partial charge in [0.05, 0.1) is 26.5 Å². The van der Waals surface area contributed by atoms with Gasteiger partial charge in [-0.1, -0.05) is 6.07 Å². The van der Waals surface area contributed by atoms with E-state index in [2.05, 4.69) is 27.6 Å². The number of nitrogens with zero attached hydrogens (tertiary/aromatic N) is 3. The average molecular weight is 436 g/mol. The lowest BCUT2D eigenvalue weighted by Crippen LogP contribution is -2.36. The third-order valence-corrected chi connectivity index (χ3v) is 5.14. The molecule has 32 heavy (non-hydrogen) atoms. The Hall–Kier alpha value is -3.81. The molecular formula is C24H29N5O3. The second-order valence-corrected chi connectivity index (χ2v) is 7.17. The van der Waals surface area contributed by atoms with Crippen molar-refractivity contribution >= 4 is 17.6 Å². The number of carbonyl (C=O) groups excluding carboxylic acids is 1. The molecule has 168 valence electrons. The maximum atomic E-state index is 12.8. The van der Waals surface area contributed by atoms with Crippen LogP contribution in [0.5, 0.6) is 11.5 Å². The lowest BCUT2D eigenvalue weighted by molar-refractivity contribution is 0.0977. The first kappa shape index (κ1) is 22.9. The Morgan fingerprint density at radius 3 is 2.41 bits per heavy atom. The molecule has 0 atom stereocenters. The first-order valence-corrected chi connectivity index (χ1v) is 10.4. The summed E-state index contributed by atoms with van der Waals surface area (Å²) in [7, 11) is 3.19. The number of carbonyl (C=O) groups is 1. The number of aryl methyl sites for hydroxylation is 2. The molecule has 1 aromatic heterocycles. The number of rotatable bonds is 7. The first-order chi connectivity index (χ1) is 15.4. The lowest BCUT2D eigenvalue weighted by atomic mass is 10.2. The molecule has 2 aromatic carbocycles. The molecule has 8 nitrogen and oxygen atoms in total. The summed E-state index contributed by atoms with van der Waals surface area (Å²) in [5.74, 6) is 1.44. The highest BCUT2D eigenvalue weighted by Gasteiger charge is 2.13. The van der Waals surface area contributed by atoms with Crippen LogP contribution in [0, 0.1) is 13.8 Å². The van der Waals surface area contributed by atoms with Gasteiger partial charge in [-0.15, -0.1) is 0 Å². The van der Waals surface area contributed by atoms with E-state index in [1.165, 1.54) is 0 Å². The quantitative estimate of drug-likeness (QED) is 0.433. The molecule has 0 bridgehead atoms. The smallest absolute Gasteiger partial charge is 0.257 e. The molecule has 0 fully saturated rings. The van der Waals surface area contributed by atoms with Gasteiger partial charge in [-0.3, -0.25) is 14.8 Å². The summed E-state index contributed by atoms with van der Waals surface area (Å²) >= 11 is 0. The number of guanidine groups is 1. The van der Waals surface area contributed by atoms with Gasteiger partial charge in [0, 0.05) is 35.1 Å². The number of aromatic nitrogens is 2. The Morgan fingerprint density at radius 2 is 1.78 bits per heavy atom. The van der Waals surface area contributed by atoms with Crippen LogP contribution in [0.3, 0.4) is 0 Å². The SMILES string of the molecule is CCn1nc(C)c(CN=C(NC(=O)c2ccc(OC)cc2)Nc2cccc(OC)c2)c1C. The van der Waals surface area contributed by atoms with Crippen LogP contribution >= 0.6 is 0 Å². The van der Waals surface area contributed by atoms with Crippen molar-refractivity contribution in [3.8, 4) is 11.5 Å². The Balaban J connectivity index is 1.86. The number of anilines is 1. The molecule has 0 aliphatic heterocycles. The number of hydrogen-bond donors (Lipinski definition) is 2. The highest BCUT2D eigenvalue weighted by Crippen LogP contribution is 2.18. The van der Waals surface area contributed by atoms with Crippen molar-refractivity contribution in [1.29, 1.82) is 0 Å². The summed E-state index contributed by atoms with van der Waals surface area (Å²) in [6.45, 7) is 7.22. The summed E-state index contributed by atoms with van der Waals surface area (Å²) in [6.07, 6.45) is 0. The number of benzene rings is 2. The average Bonchev–Trinajstić information content (AvgIpc) is 3.09. The van der Waals surface area contributed by atoms with E-state index in [9.17, 15) is 4.79 Å². The predicted molar refractivity (Wildman–Crippen MR) is 126 cm³/mol. The molecule has 0 saturated heterocycles. The van der Waals surface area contributed by atoms with E-state index < -0.39 is 0 Å². The minimum atomic E-state index is -0.278. The van der Waals surface area contributed by atoms with E-state index in [-0.39, 0.29) is 5.91 Å². The molecule has 3 aromatic rings. The molecule has 2 N–H and O–H groups in total. The lowest BCUT2D eigenvalue weighted by Gasteiger charge is -2.13. The van der Waals surface area contributed by atoms with E-state index in [0.717, 1.165) is 29.2 Å². The van der Waals surface area contributed by atoms with E-state index in [1.54, 1.807) is 38.5 Å². The third kappa shape index (κ3) is 5.46. The number of amides is 1. The van der Waals surface area contributed by atoms with Crippen molar-refractivity contribution in [2.75, 3.05) is 19.5 Å². The number of methoxy groups -OCH3 is 2. The molecule has 3 rings (SSSR count). The van der Waals surface area contributed by atoms with Crippen molar-refractivity contribution in [3.05, 3.63) is 71.0 Å². The molecule has 1 amide bonds. The van der Waals surface area contributed by atoms with Crippen LogP contribution in [-0.2, 0) is 13.1 Å². The maximum Gasteiger partial charge on any atom is 0.257 e. The first-order valence-electron chi connectivity index (χ1n) is 10.4. The molecular weight excluding hydrogens is 406 g/mol. The standard InChI is InChI=1S/C24H29N5O3/c1-6-29-17(3)22(16(2)28-29)15-25-24(26-19-8-7-9-21(14-19)32-5)27-23(30)18-10-12-20(31-4)13-11-18/h7-14H,6,15H2,1-5H3,(H2,25,26,27,30). The molecule has 0 aliphatic rings. The monoisotopic (exact) mass is 435 g/mol. The van der Waals surface area contributed by atoms with Crippen LogP contribution in [0.2, 0.25) is 0 Å². The second-order valence-electron chi connectivity index (χ2n) is 7.17. The van der Waals surface area contributed by atoms with Crippen LogP contribution in [-0.4, -0.2) is 35.9 Å². The molecule has 0 aliphatic carbocycles. The van der Waals surface area contributed by atoms with Gasteiger partial charge in [-0.2, -0.15) is 5.10 Å². The van der Waals surface area contributed by atoms with Gasteiger partial charge in [-0.25, -0.2) is 4.99 Å². The highest BCUT2D eigenvalue weighted by molar-refractivity contribution is 6.10. The number of ether oxygens (including phenoxy) is 2. The minimum Gasteiger partial charge on any atom is -0.497 e. The predicted octanol–water partition coefficient (Wildman–Crippen LogP) is 3.94. The number of hydrogen-bond acceptors (Lipinski definition) is 5. The van der Waals surface area contributed by atoms with Gasteiger partial charge < -0.3 is 14.8 Å². The fraction of sp³-hybridized carbons (Fsp3) is 0.292. The van der Waals surface area contributed by atoms with Crippen molar-refractivity contribution in [1.82, 2.24) is 15.1 Å². The highest BCUT2D eigenvalue weighted by atomic mass is 16.5. The number of nitrogens with one attached hydrogen (secondary N) is 2. The van der Waals surface area contributed by atoms with Crippen LogP contribution < -0.4 is 20.1 Å². The molecule has 0 radical (unpaired) electrons. The number of aliphatic imine (C=N–C) groups is 1. The van der Waals surface area contributed by atoms with Gasteiger partial charge in [0.1, 0.15) is 11.5 Å². The van der Waals surface area contributed by atoms with Crippen LogP contribution in [0.4, 0.5) is 5.69 Å². The summed E-state index contributed by atoms with van der Waals surface area (Å²) < 4.78 is 12.4. The van der Waals surface area contributed by atoms with Crippen LogP contribution in [0.25, 0.3) is 0 Å². The van der Waals surface area contributed by atoms with Gasteiger partial charge in [0.25, 0.3) is 5.91 Å². The maximum absolute atomic E-state index is 12.8. The van der Waals surface area contributed by atoms with Gasteiger partial charge in [-0.05, 0) is 57.2 Å². The van der Waals surface area contributed by atoms with Crippen LogP contribution in [0.1, 0.15) is 34.2 Å². The molecule has 0 unspecified atom stereocenters. The zero-order chi connectivity index (χ0) is 23.1. The topological polar surface area (TPSA) is 89.8 Å². The van der Waals surface area contributed by atoms with Crippen molar-refractivity contribution in [2.45, 2.75) is 33.9 Å². The Kier molecular flexibility index (Phi) is 7.49. The summed E-state index contributed by atoms with van der Waals surface area (Å²) in [4.78, 5) is 17.5. The fourth-order valence-electron chi connectivity index (χ4n) is 3.30. The molecule has 0 spiro atoms. The minimum absolute atomic E-state index is 0.278. The zero-order valence-corrected chi connectivity index (χ0v) is 19.1. The van der Waals surface area contributed by atoms with Gasteiger partial charge in [0.15, 0.2) is 0 Å². The zero-order valence-electron chi connectivity index (χ0n) is 19.1. The Bertz CT molecular complexity index is 1100. The largest absolute Gasteiger partial charge is 0.497 e. The van der Waals surface area contributed by atoms with E-state index in [0.29, 0.717) is 29.6 Å². The Morgan fingerprint density at radius 1 is 1.06 bits per heavy atom. The second kappa shape index (κ2) is 10.5. The van der Waals surface area contributed by atoms with E-state index >= 15 is 0 Å². The van der Waals surface area contributed by atoms with Crippen molar-refractivity contribution in [2.24, 2.45) is 4.99 Å². The van der Waals surface area contributed by atoms with E-state index in [1.807, 2.05) is 42.8 Å². The van der Waals surface area contributed by atoms with Gasteiger partial charge in [0.2, 0.25) is 5.96 Å². The van der Waals surface area contributed by atoms with Crippen LogP contribution in [0.15, 0.2) is 53.5 Å². The fourth-order valence-corrected chi connectivity index (χ4v) is 3.30.